The molecule has 0 amide bonds. The van der Waals surface area contributed by atoms with Crippen molar-refractivity contribution in [3.05, 3.63) is 24.8 Å². The maximum Gasteiger partial charge on any atom is 0.305 e. The van der Waals surface area contributed by atoms with Crippen LogP contribution in [0, 0.1) is 5.92 Å². The molecular weight excluding hydrogens is 306 g/mol. The number of ether oxygens (including phenoxy) is 1. The smallest absolute Gasteiger partial charge is 0.305 e. The second kappa shape index (κ2) is 7.42. The van der Waals surface area contributed by atoms with Gasteiger partial charge in [-0.3, -0.25) is 4.79 Å². The van der Waals surface area contributed by atoms with Crippen molar-refractivity contribution in [2.45, 2.75) is 45.1 Å². The lowest BCUT2D eigenvalue weighted by Gasteiger charge is -2.14. The molecule has 1 aliphatic carbocycles. The molecule has 0 fully saturated rings. The summed E-state index contributed by atoms with van der Waals surface area (Å²) < 4.78 is 7.38. The third kappa shape index (κ3) is 3.55. The summed E-state index contributed by atoms with van der Waals surface area (Å²) in [6.45, 7) is 2.55. The van der Waals surface area contributed by atoms with Crippen molar-refractivity contribution in [2.24, 2.45) is 5.92 Å². The molecule has 1 aliphatic rings. The summed E-state index contributed by atoms with van der Waals surface area (Å²) in [5, 5.41) is 0. The van der Waals surface area contributed by atoms with Gasteiger partial charge in [-0.25, -0.2) is 15.0 Å². The topological polar surface area (TPSA) is 95.9 Å². The first-order valence-corrected chi connectivity index (χ1v) is 8.46. The third-order valence-corrected chi connectivity index (χ3v) is 4.34. The number of esters is 1. The normalized spacial score (nSPS) is 19.9. The van der Waals surface area contributed by atoms with Crippen molar-refractivity contribution in [1.29, 1.82) is 0 Å². The van der Waals surface area contributed by atoms with Crippen LogP contribution in [0.1, 0.15) is 45.1 Å². The van der Waals surface area contributed by atoms with Crippen LogP contribution in [0.25, 0.3) is 11.2 Å². The monoisotopic (exact) mass is 329 g/mol. The Bertz CT molecular complexity index is 740. The van der Waals surface area contributed by atoms with Gasteiger partial charge >= 0.3 is 5.97 Å². The van der Waals surface area contributed by atoms with Gasteiger partial charge in [-0.2, -0.15) is 0 Å². The van der Waals surface area contributed by atoms with Gasteiger partial charge in [0, 0.05) is 12.3 Å². The van der Waals surface area contributed by atoms with E-state index in [0.717, 1.165) is 31.3 Å². The van der Waals surface area contributed by atoms with Crippen LogP contribution in [-0.2, 0) is 9.53 Å². The largest absolute Gasteiger partial charge is 0.465 e. The molecule has 0 bridgehead atoms. The number of imidazole rings is 1. The van der Waals surface area contributed by atoms with Crippen LogP contribution in [0.2, 0.25) is 0 Å². The van der Waals surface area contributed by atoms with E-state index in [0.29, 0.717) is 24.4 Å². The van der Waals surface area contributed by atoms with Crippen molar-refractivity contribution in [1.82, 2.24) is 19.5 Å². The molecule has 0 aromatic carbocycles. The van der Waals surface area contributed by atoms with E-state index in [1.165, 1.54) is 6.33 Å². The van der Waals surface area contributed by atoms with Crippen LogP contribution in [0.4, 0.5) is 5.82 Å². The molecule has 0 spiro atoms. The third-order valence-electron chi connectivity index (χ3n) is 4.34. The molecule has 2 atom stereocenters. The zero-order chi connectivity index (χ0) is 16.9. The molecule has 0 radical (unpaired) electrons. The minimum atomic E-state index is -0.103. The summed E-state index contributed by atoms with van der Waals surface area (Å²) in [4.78, 5) is 24.2. The van der Waals surface area contributed by atoms with E-state index in [4.69, 9.17) is 10.5 Å². The lowest BCUT2D eigenvalue weighted by Crippen LogP contribution is -2.13. The molecule has 7 nitrogen and oxygen atoms in total. The number of anilines is 1. The molecule has 2 aromatic rings. The molecule has 24 heavy (non-hydrogen) atoms. The second-order valence-corrected chi connectivity index (χ2v) is 6.17. The van der Waals surface area contributed by atoms with Crippen molar-refractivity contribution in [3.63, 3.8) is 0 Å². The predicted octanol–water partition coefficient (Wildman–Crippen LogP) is 2.65. The summed E-state index contributed by atoms with van der Waals surface area (Å²) in [6, 6.07) is 0.146. The predicted molar refractivity (Wildman–Crippen MR) is 91.1 cm³/mol. The minimum Gasteiger partial charge on any atom is -0.465 e. The number of carbonyl (C=O) groups excluding carboxylic acids is 1. The molecule has 2 aromatic heterocycles. The molecule has 3 rings (SSSR count). The molecule has 0 saturated carbocycles. The first-order valence-electron chi connectivity index (χ1n) is 8.46. The number of fused-ring (bicyclic) bond motifs is 1. The average molecular weight is 329 g/mol. The van der Waals surface area contributed by atoms with Crippen molar-refractivity contribution in [2.75, 3.05) is 12.3 Å². The number of nitrogen functional groups attached to an aromatic ring is 1. The molecule has 0 aliphatic heterocycles. The fourth-order valence-electron chi connectivity index (χ4n) is 2.99. The van der Waals surface area contributed by atoms with E-state index in [-0.39, 0.29) is 17.9 Å². The Morgan fingerprint density at radius 2 is 2.21 bits per heavy atom. The van der Waals surface area contributed by atoms with Gasteiger partial charge in [0.25, 0.3) is 0 Å². The van der Waals surface area contributed by atoms with Gasteiger partial charge in [0.1, 0.15) is 11.8 Å². The van der Waals surface area contributed by atoms with Gasteiger partial charge in [-0.05, 0) is 12.8 Å². The number of nitrogens with two attached hydrogens (primary N) is 1. The highest BCUT2D eigenvalue weighted by atomic mass is 16.5. The van der Waals surface area contributed by atoms with E-state index in [2.05, 4.69) is 34.0 Å². The van der Waals surface area contributed by atoms with E-state index < -0.39 is 0 Å². The highest BCUT2D eigenvalue weighted by Gasteiger charge is 2.23. The van der Waals surface area contributed by atoms with Crippen LogP contribution < -0.4 is 5.73 Å². The van der Waals surface area contributed by atoms with Crippen LogP contribution in [-0.4, -0.2) is 32.1 Å². The second-order valence-electron chi connectivity index (χ2n) is 6.17. The van der Waals surface area contributed by atoms with E-state index in [9.17, 15) is 4.79 Å². The van der Waals surface area contributed by atoms with Gasteiger partial charge < -0.3 is 15.0 Å². The Balaban J connectivity index is 1.55. The van der Waals surface area contributed by atoms with E-state index in [1.54, 1.807) is 6.33 Å². The molecule has 2 N–H and O–H groups in total. The SMILES string of the molecule is CCCCCC(=O)OCC1C=CC(n2cnc3c(N)ncnc32)C1. The minimum absolute atomic E-state index is 0.103. The maximum atomic E-state index is 11.7. The van der Waals surface area contributed by atoms with E-state index in [1.807, 2.05) is 4.57 Å². The molecular formula is C17H23N5O2. The Hall–Kier alpha value is -2.44. The fraction of sp³-hybridized carbons (Fsp3) is 0.529. The number of rotatable bonds is 7. The van der Waals surface area contributed by atoms with Crippen molar-refractivity contribution in [3.8, 4) is 0 Å². The van der Waals surface area contributed by atoms with Crippen LogP contribution in [0.3, 0.4) is 0 Å². The number of nitrogens with zero attached hydrogens (tertiary/aromatic N) is 4. The van der Waals surface area contributed by atoms with Crippen LogP contribution >= 0.6 is 0 Å². The average Bonchev–Trinajstić information content (AvgIpc) is 3.20. The Morgan fingerprint density at radius 1 is 1.33 bits per heavy atom. The van der Waals surface area contributed by atoms with Gasteiger partial charge in [-0.1, -0.05) is 31.9 Å². The van der Waals surface area contributed by atoms with Gasteiger partial charge in [-0.15, -0.1) is 0 Å². The quantitative estimate of drug-likeness (QED) is 0.476. The molecule has 0 saturated heterocycles. The summed E-state index contributed by atoms with van der Waals surface area (Å²) >= 11 is 0. The first kappa shape index (κ1) is 16.4. The standard InChI is InChI=1S/C17H23N5O2/c1-2-3-4-5-14(23)24-9-12-6-7-13(8-12)22-11-21-15-16(18)19-10-20-17(15)22/h6-7,10-13H,2-5,8-9H2,1H3,(H2,18,19,20). The number of allylic oxidation sites excluding steroid dienone is 1. The van der Waals surface area contributed by atoms with Gasteiger partial charge in [0.15, 0.2) is 11.5 Å². The Labute approximate surface area is 140 Å². The number of hydrogen-bond acceptors (Lipinski definition) is 6. The summed E-state index contributed by atoms with van der Waals surface area (Å²) in [5.74, 6) is 0.508. The Kier molecular flexibility index (Phi) is 5.08. The van der Waals surface area contributed by atoms with Crippen LogP contribution in [0.5, 0.6) is 0 Å². The number of unbranched alkanes of at least 4 members (excludes halogenated alkanes) is 2. The maximum absolute atomic E-state index is 11.7. The van der Waals surface area contributed by atoms with Gasteiger partial charge in [0.2, 0.25) is 0 Å². The van der Waals surface area contributed by atoms with Crippen molar-refractivity contribution >= 4 is 23.0 Å². The zero-order valence-corrected chi connectivity index (χ0v) is 13.9. The number of carbonyl (C=O) groups is 1. The molecule has 7 heteroatoms. The summed E-state index contributed by atoms with van der Waals surface area (Å²) in [7, 11) is 0. The van der Waals surface area contributed by atoms with E-state index >= 15 is 0 Å². The molecule has 128 valence electrons. The lowest BCUT2D eigenvalue weighted by molar-refractivity contribution is -0.144. The summed E-state index contributed by atoms with van der Waals surface area (Å²) in [5.41, 5.74) is 7.18. The van der Waals surface area contributed by atoms with Crippen LogP contribution in [0.15, 0.2) is 24.8 Å². The number of hydrogen-bond donors (Lipinski definition) is 1. The highest BCUT2D eigenvalue weighted by Crippen LogP contribution is 2.30. The highest BCUT2D eigenvalue weighted by molar-refractivity contribution is 5.81. The fourth-order valence-corrected chi connectivity index (χ4v) is 2.99. The Morgan fingerprint density at radius 3 is 3.04 bits per heavy atom. The molecule has 2 unspecified atom stereocenters. The zero-order valence-electron chi connectivity index (χ0n) is 13.9. The molecule has 2 heterocycles. The van der Waals surface area contributed by atoms with Gasteiger partial charge in [0.05, 0.1) is 19.0 Å². The van der Waals surface area contributed by atoms with Crippen molar-refractivity contribution < 1.29 is 9.53 Å². The summed E-state index contributed by atoms with van der Waals surface area (Å²) in [6.07, 6.45) is 11.8. The lowest BCUT2D eigenvalue weighted by atomic mass is 10.1. The first-order chi connectivity index (χ1) is 11.7. The number of aromatic nitrogens is 4.